The van der Waals surface area contributed by atoms with Crippen LogP contribution in [-0.2, 0) is 0 Å². The van der Waals surface area contributed by atoms with Gasteiger partial charge in [-0.3, -0.25) is 4.79 Å². The molecule has 1 N–H and O–H groups in total. The summed E-state index contributed by atoms with van der Waals surface area (Å²) in [6.45, 7) is 0. The van der Waals surface area contributed by atoms with Gasteiger partial charge in [0.2, 0.25) is 0 Å². The van der Waals surface area contributed by atoms with Crippen molar-refractivity contribution >= 4 is 38.8 Å². The number of amides is 1. The Labute approximate surface area is 148 Å². The standard InChI is InChI=1S/C19H15BrN2O2/c1-24-18-10-9-15(20)11-17(18)19(23)22-21-12-14-7-4-6-13-5-2-3-8-16(13)14/h2-12H,1H3,(H,22,23)/b21-12+. The molecule has 0 spiro atoms. The Balaban J connectivity index is 1.81. The summed E-state index contributed by atoms with van der Waals surface area (Å²) in [6.07, 6.45) is 1.64. The maximum absolute atomic E-state index is 12.3. The van der Waals surface area contributed by atoms with Crippen LogP contribution in [0.25, 0.3) is 10.8 Å². The first kappa shape index (κ1) is 16.2. The van der Waals surface area contributed by atoms with Gasteiger partial charge in [-0.15, -0.1) is 0 Å². The number of benzene rings is 3. The average molecular weight is 383 g/mol. The van der Waals surface area contributed by atoms with Crippen LogP contribution < -0.4 is 10.2 Å². The minimum absolute atomic E-state index is 0.329. The van der Waals surface area contributed by atoms with Gasteiger partial charge >= 0.3 is 0 Å². The fourth-order valence-electron chi connectivity index (χ4n) is 2.44. The smallest absolute Gasteiger partial charge is 0.275 e. The topological polar surface area (TPSA) is 50.7 Å². The van der Waals surface area contributed by atoms with Crippen molar-refractivity contribution in [3.8, 4) is 5.75 Å². The molecular formula is C19H15BrN2O2. The summed E-state index contributed by atoms with van der Waals surface area (Å²) in [7, 11) is 1.53. The molecule has 24 heavy (non-hydrogen) atoms. The Morgan fingerprint density at radius 3 is 2.75 bits per heavy atom. The van der Waals surface area contributed by atoms with E-state index in [9.17, 15) is 4.79 Å². The molecule has 0 saturated carbocycles. The minimum Gasteiger partial charge on any atom is -0.496 e. The summed E-state index contributed by atoms with van der Waals surface area (Å²) in [4.78, 5) is 12.3. The molecule has 0 bridgehead atoms. The fraction of sp³-hybridized carbons (Fsp3) is 0.0526. The van der Waals surface area contributed by atoms with Crippen LogP contribution in [0.1, 0.15) is 15.9 Å². The summed E-state index contributed by atoms with van der Waals surface area (Å²) < 4.78 is 6.01. The van der Waals surface area contributed by atoms with E-state index in [4.69, 9.17) is 4.74 Å². The second-order valence-electron chi connectivity index (χ2n) is 5.11. The highest BCUT2D eigenvalue weighted by Gasteiger charge is 2.12. The molecule has 0 fully saturated rings. The molecule has 0 aliphatic carbocycles. The van der Waals surface area contributed by atoms with Gasteiger partial charge in [0.15, 0.2) is 0 Å². The summed E-state index contributed by atoms with van der Waals surface area (Å²) in [5, 5.41) is 6.29. The zero-order valence-corrected chi connectivity index (χ0v) is 14.6. The zero-order chi connectivity index (χ0) is 16.9. The second-order valence-corrected chi connectivity index (χ2v) is 6.03. The maximum atomic E-state index is 12.3. The van der Waals surface area contributed by atoms with Crippen LogP contribution in [0.3, 0.4) is 0 Å². The number of rotatable bonds is 4. The highest BCUT2D eigenvalue weighted by Crippen LogP contribution is 2.22. The van der Waals surface area contributed by atoms with Crippen molar-refractivity contribution in [1.82, 2.24) is 5.43 Å². The molecule has 120 valence electrons. The molecule has 0 heterocycles. The molecule has 0 saturated heterocycles. The van der Waals surface area contributed by atoms with Gasteiger partial charge in [0.1, 0.15) is 5.75 Å². The lowest BCUT2D eigenvalue weighted by Gasteiger charge is -2.07. The molecular weight excluding hydrogens is 368 g/mol. The Bertz CT molecular complexity index is 917. The van der Waals surface area contributed by atoms with Crippen LogP contribution in [-0.4, -0.2) is 19.2 Å². The molecule has 3 aromatic carbocycles. The van der Waals surface area contributed by atoms with E-state index in [-0.39, 0.29) is 5.91 Å². The first-order valence-corrected chi connectivity index (χ1v) is 8.13. The van der Waals surface area contributed by atoms with Gasteiger partial charge in [0.25, 0.3) is 5.91 Å². The molecule has 5 heteroatoms. The molecule has 0 atom stereocenters. The highest BCUT2D eigenvalue weighted by molar-refractivity contribution is 9.10. The van der Waals surface area contributed by atoms with Crippen molar-refractivity contribution in [3.63, 3.8) is 0 Å². The first-order chi connectivity index (χ1) is 11.7. The molecule has 1 amide bonds. The molecule has 0 aliphatic heterocycles. The van der Waals surface area contributed by atoms with E-state index in [1.807, 2.05) is 48.5 Å². The third-order valence-corrected chi connectivity index (χ3v) is 4.09. The Morgan fingerprint density at radius 2 is 1.92 bits per heavy atom. The van der Waals surface area contributed by atoms with Crippen LogP contribution in [0.5, 0.6) is 5.75 Å². The molecule has 3 aromatic rings. The Hall–Kier alpha value is -2.66. The molecule has 4 nitrogen and oxygen atoms in total. The fourth-order valence-corrected chi connectivity index (χ4v) is 2.80. The van der Waals surface area contributed by atoms with Crippen molar-refractivity contribution in [2.75, 3.05) is 7.11 Å². The van der Waals surface area contributed by atoms with Gasteiger partial charge in [0.05, 0.1) is 18.9 Å². The lowest BCUT2D eigenvalue weighted by molar-refractivity contribution is 0.0952. The number of carbonyl (C=O) groups excluding carboxylic acids is 1. The SMILES string of the molecule is COc1ccc(Br)cc1C(=O)N/N=C/c1cccc2ccccc12. The number of hydrazone groups is 1. The average Bonchev–Trinajstić information content (AvgIpc) is 2.61. The summed E-state index contributed by atoms with van der Waals surface area (Å²) >= 11 is 3.35. The zero-order valence-electron chi connectivity index (χ0n) is 13.0. The number of carbonyl (C=O) groups is 1. The number of methoxy groups -OCH3 is 1. The Morgan fingerprint density at radius 1 is 1.12 bits per heavy atom. The quantitative estimate of drug-likeness (QED) is 0.537. The second kappa shape index (κ2) is 7.27. The van der Waals surface area contributed by atoms with Crippen molar-refractivity contribution < 1.29 is 9.53 Å². The third-order valence-electron chi connectivity index (χ3n) is 3.60. The van der Waals surface area contributed by atoms with E-state index in [1.165, 1.54) is 7.11 Å². The van der Waals surface area contributed by atoms with Gasteiger partial charge in [-0.05, 0) is 29.0 Å². The molecule has 0 unspecified atom stereocenters. The van der Waals surface area contributed by atoms with Gasteiger partial charge in [0, 0.05) is 10.0 Å². The van der Waals surface area contributed by atoms with Crippen molar-refractivity contribution in [3.05, 3.63) is 76.3 Å². The summed E-state index contributed by atoms with van der Waals surface area (Å²) in [5.74, 6) is 0.167. The normalized spacial score (nSPS) is 10.9. The van der Waals surface area contributed by atoms with Crippen LogP contribution in [0.4, 0.5) is 0 Å². The van der Waals surface area contributed by atoms with Crippen LogP contribution in [0.2, 0.25) is 0 Å². The highest BCUT2D eigenvalue weighted by atomic mass is 79.9. The van der Waals surface area contributed by atoms with Crippen molar-refractivity contribution in [2.45, 2.75) is 0 Å². The number of hydrogen-bond acceptors (Lipinski definition) is 3. The van der Waals surface area contributed by atoms with E-state index >= 15 is 0 Å². The van der Waals surface area contributed by atoms with Crippen molar-refractivity contribution in [1.29, 1.82) is 0 Å². The molecule has 3 rings (SSSR count). The minimum atomic E-state index is -0.329. The third kappa shape index (κ3) is 3.46. The van der Waals surface area contributed by atoms with Crippen LogP contribution in [0.15, 0.2) is 70.2 Å². The number of ether oxygens (including phenoxy) is 1. The largest absolute Gasteiger partial charge is 0.496 e. The van der Waals surface area contributed by atoms with E-state index < -0.39 is 0 Å². The van der Waals surface area contributed by atoms with Crippen LogP contribution >= 0.6 is 15.9 Å². The summed E-state index contributed by atoms with van der Waals surface area (Å²) in [5.41, 5.74) is 3.90. The van der Waals surface area contributed by atoms with Gasteiger partial charge in [-0.1, -0.05) is 58.4 Å². The number of nitrogens with zero attached hydrogens (tertiary/aromatic N) is 1. The number of nitrogens with one attached hydrogen (secondary N) is 1. The predicted octanol–water partition coefficient (Wildman–Crippen LogP) is 4.37. The maximum Gasteiger partial charge on any atom is 0.275 e. The predicted molar refractivity (Wildman–Crippen MR) is 99.7 cm³/mol. The molecule has 0 radical (unpaired) electrons. The molecule has 0 aliphatic rings. The number of hydrogen-bond donors (Lipinski definition) is 1. The van der Waals surface area contributed by atoms with Crippen LogP contribution in [0, 0.1) is 0 Å². The van der Waals surface area contributed by atoms with E-state index in [0.29, 0.717) is 11.3 Å². The lowest BCUT2D eigenvalue weighted by atomic mass is 10.1. The number of halogens is 1. The summed E-state index contributed by atoms with van der Waals surface area (Å²) in [6, 6.07) is 19.2. The molecule has 0 aromatic heterocycles. The van der Waals surface area contributed by atoms with Gasteiger partial charge in [-0.25, -0.2) is 5.43 Å². The number of fused-ring (bicyclic) bond motifs is 1. The van der Waals surface area contributed by atoms with E-state index in [0.717, 1.165) is 20.8 Å². The van der Waals surface area contributed by atoms with E-state index in [2.05, 4.69) is 26.5 Å². The Kier molecular flexibility index (Phi) is 4.91. The monoisotopic (exact) mass is 382 g/mol. The van der Waals surface area contributed by atoms with E-state index in [1.54, 1.807) is 18.3 Å². The first-order valence-electron chi connectivity index (χ1n) is 7.34. The lowest BCUT2D eigenvalue weighted by Crippen LogP contribution is -2.18. The van der Waals surface area contributed by atoms with Crippen molar-refractivity contribution in [2.24, 2.45) is 5.10 Å². The van der Waals surface area contributed by atoms with Gasteiger partial charge < -0.3 is 4.74 Å². The van der Waals surface area contributed by atoms with Gasteiger partial charge in [-0.2, -0.15) is 5.10 Å².